The number of ether oxygens (including phenoxy) is 1. The van der Waals surface area contributed by atoms with Gasteiger partial charge in [0.05, 0.1) is 0 Å². The predicted molar refractivity (Wildman–Crippen MR) is 269 cm³/mol. The van der Waals surface area contributed by atoms with Crippen molar-refractivity contribution in [2.45, 2.75) is 297 Å². The fourth-order valence-corrected chi connectivity index (χ4v) is 15.4. The van der Waals surface area contributed by atoms with Crippen molar-refractivity contribution in [3.8, 4) is 0 Å². The van der Waals surface area contributed by atoms with E-state index in [2.05, 4.69) is 48.5 Å². The molecule has 1 heterocycles. The van der Waals surface area contributed by atoms with E-state index in [1.807, 2.05) is 0 Å². The summed E-state index contributed by atoms with van der Waals surface area (Å²) in [4.78, 5) is 0. The first-order chi connectivity index (χ1) is 29.4. The van der Waals surface area contributed by atoms with Crippen LogP contribution in [-0.4, -0.2) is 63.7 Å². The lowest BCUT2D eigenvalue weighted by molar-refractivity contribution is -0.0426. The first kappa shape index (κ1) is 62.3. The quantitative estimate of drug-likeness (QED) is 0.0450. The summed E-state index contributed by atoms with van der Waals surface area (Å²) >= 11 is 0. The van der Waals surface area contributed by atoms with Crippen molar-refractivity contribution < 1.29 is 26.9 Å². The summed E-state index contributed by atoms with van der Waals surface area (Å²) < 4.78 is 34.8. The molecule has 8 heteroatoms. The molecule has 1 aliphatic rings. The minimum atomic E-state index is -2.32. The first-order valence-corrected chi connectivity index (χ1v) is 30.9. The maximum absolute atomic E-state index is 6.16. The molecular weight excluding hydrogens is 777 g/mol. The molecular formula is C52H112O6Si2. The molecule has 0 aromatic heterocycles. The van der Waals surface area contributed by atoms with E-state index < -0.39 is 17.4 Å². The SMILES string of the molecule is CCCCCCCCCCCCCCCCCC.CCCCCCCCCCCCCCCCCC[Si](OC)(OC)OC.CCOC1(CC)CCCC[Si]1(OCC)OCC. The van der Waals surface area contributed by atoms with Crippen molar-refractivity contribution in [2.75, 3.05) is 41.2 Å². The molecule has 1 saturated heterocycles. The van der Waals surface area contributed by atoms with Gasteiger partial charge in [0, 0.05) is 47.2 Å². The van der Waals surface area contributed by atoms with Gasteiger partial charge in [-0.05, 0) is 46.1 Å². The fourth-order valence-electron chi connectivity index (χ4n) is 9.18. The Bertz CT molecular complexity index is 776. The van der Waals surface area contributed by atoms with Crippen LogP contribution in [0.2, 0.25) is 12.1 Å². The summed E-state index contributed by atoms with van der Waals surface area (Å²) in [5.74, 6) is 0. The molecule has 1 rings (SSSR count). The Morgan fingerprint density at radius 3 is 0.933 bits per heavy atom. The summed E-state index contributed by atoms with van der Waals surface area (Å²) in [6, 6.07) is 2.03. The number of hydrogen-bond acceptors (Lipinski definition) is 6. The molecule has 0 radical (unpaired) electrons. The number of unbranched alkanes of at least 4 members (excludes halogenated alkanes) is 30. The Morgan fingerprint density at radius 2 is 0.683 bits per heavy atom. The molecule has 0 N–H and O–H groups in total. The monoisotopic (exact) mass is 889 g/mol. The average Bonchev–Trinajstić information content (AvgIpc) is 3.27. The molecule has 0 aliphatic carbocycles. The van der Waals surface area contributed by atoms with Gasteiger partial charge in [0.25, 0.3) is 0 Å². The zero-order valence-electron chi connectivity index (χ0n) is 42.9. The van der Waals surface area contributed by atoms with E-state index in [1.54, 1.807) is 21.3 Å². The second kappa shape index (κ2) is 47.2. The van der Waals surface area contributed by atoms with Gasteiger partial charge < -0.3 is 26.9 Å². The minimum absolute atomic E-state index is 0.119. The van der Waals surface area contributed by atoms with Crippen LogP contribution in [-0.2, 0) is 26.9 Å². The summed E-state index contributed by atoms with van der Waals surface area (Å²) in [5, 5.41) is -0.119. The molecule has 1 fully saturated rings. The van der Waals surface area contributed by atoms with Crippen LogP contribution < -0.4 is 0 Å². The highest BCUT2D eigenvalue weighted by molar-refractivity contribution is 6.70. The van der Waals surface area contributed by atoms with E-state index in [9.17, 15) is 0 Å². The van der Waals surface area contributed by atoms with Gasteiger partial charge in [-0.25, -0.2) is 0 Å². The van der Waals surface area contributed by atoms with Crippen molar-refractivity contribution in [2.24, 2.45) is 0 Å². The van der Waals surface area contributed by atoms with Gasteiger partial charge in [-0.15, -0.1) is 0 Å². The van der Waals surface area contributed by atoms with Crippen molar-refractivity contribution >= 4 is 17.4 Å². The van der Waals surface area contributed by atoms with E-state index in [4.69, 9.17) is 26.9 Å². The smallest absolute Gasteiger partial charge is 0.393 e. The van der Waals surface area contributed by atoms with Gasteiger partial charge in [-0.1, -0.05) is 240 Å². The molecule has 0 spiro atoms. The number of hydrogen-bond donors (Lipinski definition) is 0. The van der Waals surface area contributed by atoms with Gasteiger partial charge in [0.15, 0.2) is 0 Å². The Labute approximate surface area is 380 Å². The van der Waals surface area contributed by atoms with Gasteiger partial charge in [-0.3, -0.25) is 0 Å². The number of rotatable bonds is 42. The van der Waals surface area contributed by atoms with E-state index in [0.717, 1.165) is 51.2 Å². The van der Waals surface area contributed by atoms with Crippen LogP contribution in [0.5, 0.6) is 0 Å². The summed E-state index contributed by atoms with van der Waals surface area (Å²) in [5.41, 5.74) is 0. The normalized spacial score (nSPS) is 16.3. The van der Waals surface area contributed by atoms with Crippen LogP contribution in [0, 0.1) is 0 Å². The van der Waals surface area contributed by atoms with E-state index >= 15 is 0 Å². The molecule has 1 atom stereocenters. The van der Waals surface area contributed by atoms with Crippen molar-refractivity contribution in [3.05, 3.63) is 0 Å². The Balaban J connectivity index is 0. The molecule has 1 aliphatic heterocycles. The van der Waals surface area contributed by atoms with Crippen LogP contribution >= 0.6 is 0 Å². The highest BCUT2D eigenvalue weighted by atomic mass is 28.4. The zero-order chi connectivity index (χ0) is 44.7. The molecule has 0 bridgehead atoms. The van der Waals surface area contributed by atoms with Crippen molar-refractivity contribution in [3.63, 3.8) is 0 Å². The molecule has 0 aromatic rings. The Kier molecular flexibility index (Phi) is 49.0. The standard InChI is InChI=1S/C21H46O3Si.C18H38.C13H28O3Si/c1-5-6-7-8-9-10-11-12-13-14-15-16-17-18-19-20-21-25(22-2,23-3)24-4;1-3-5-7-9-11-13-15-17-18-16-14-12-10-8-6-4-2;1-5-13(14-6-2)11-9-10-12-17(13,15-7-3)16-8-4/h5-21H2,1-4H3;3-18H2,1-2H3;5-12H2,1-4H3. The van der Waals surface area contributed by atoms with E-state index in [-0.39, 0.29) is 5.22 Å². The lowest BCUT2D eigenvalue weighted by Crippen LogP contribution is -2.65. The lowest BCUT2D eigenvalue weighted by atomic mass is 10.0. The maximum atomic E-state index is 6.16. The highest BCUT2D eigenvalue weighted by Crippen LogP contribution is 2.43. The summed E-state index contributed by atoms with van der Waals surface area (Å²) in [7, 11) is 0.570. The van der Waals surface area contributed by atoms with Crippen LogP contribution in [0.1, 0.15) is 280 Å². The lowest BCUT2D eigenvalue weighted by Gasteiger charge is -2.49. The molecule has 60 heavy (non-hydrogen) atoms. The average molecular weight is 890 g/mol. The minimum Gasteiger partial charge on any atom is -0.393 e. The molecule has 0 saturated carbocycles. The van der Waals surface area contributed by atoms with Gasteiger partial charge in [0.1, 0.15) is 5.22 Å². The van der Waals surface area contributed by atoms with E-state index in [0.29, 0.717) is 0 Å². The highest BCUT2D eigenvalue weighted by Gasteiger charge is 2.59. The molecule has 0 aromatic carbocycles. The third-order valence-corrected chi connectivity index (χ3v) is 20.5. The topological polar surface area (TPSA) is 55.4 Å². The van der Waals surface area contributed by atoms with Crippen LogP contribution in [0.4, 0.5) is 0 Å². The van der Waals surface area contributed by atoms with Crippen LogP contribution in [0.25, 0.3) is 0 Å². The third-order valence-electron chi connectivity index (χ3n) is 13.0. The third kappa shape index (κ3) is 32.8. The molecule has 6 nitrogen and oxygen atoms in total. The second-order valence-electron chi connectivity index (χ2n) is 17.9. The zero-order valence-corrected chi connectivity index (χ0v) is 44.9. The predicted octanol–water partition coefficient (Wildman–Crippen LogP) is 17.8. The van der Waals surface area contributed by atoms with Gasteiger partial charge >= 0.3 is 17.4 Å². The maximum Gasteiger partial charge on any atom is 0.500 e. The van der Waals surface area contributed by atoms with Gasteiger partial charge in [-0.2, -0.15) is 0 Å². The molecule has 0 amide bonds. The molecule has 364 valence electrons. The summed E-state index contributed by atoms with van der Waals surface area (Å²) in [6.45, 7) is 17.5. The molecule has 1 unspecified atom stereocenters. The van der Waals surface area contributed by atoms with E-state index in [1.165, 1.54) is 212 Å². The Morgan fingerprint density at radius 1 is 0.383 bits per heavy atom. The largest absolute Gasteiger partial charge is 0.500 e. The fraction of sp³-hybridized carbons (Fsp3) is 1.00. The van der Waals surface area contributed by atoms with Crippen molar-refractivity contribution in [1.29, 1.82) is 0 Å². The van der Waals surface area contributed by atoms with Crippen LogP contribution in [0.3, 0.4) is 0 Å². The van der Waals surface area contributed by atoms with Crippen molar-refractivity contribution in [1.82, 2.24) is 0 Å². The van der Waals surface area contributed by atoms with Gasteiger partial charge in [0.2, 0.25) is 0 Å². The Hall–Kier alpha value is 0.194. The second-order valence-corrected chi connectivity index (χ2v) is 24.5. The van der Waals surface area contributed by atoms with Crippen LogP contribution in [0.15, 0.2) is 0 Å². The first-order valence-electron chi connectivity index (χ1n) is 26.9. The summed E-state index contributed by atoms with van der Waals surface area (Å²) in [6.07, 6.45) is 50.3.